The maximum atomic E-state index is 13.3. The highest BCUT2D eigenvalue weighted by molar-refractivity contribution is 6.31. The number of nitrogens with zero attached hydrogens (tertiary/aromatic N) is 2. The van der Waals surface area contributed by atoms with Crippen molar-refractivity contribution >= 4 is 39.7 Å². The summed E-state index contributed by atoms with van der Waals surface area (Å²) < 4.78 is 19.1. The molecule has 0 atom stereocenters. The van der Waals surface area contributed by atoms with Gasteiger partial charge in [-0.05, 0) is 36.6 Å². The lowest BCUT2D eigenvalue weighted by Crippen LogP contribution is -2.02. The number of fused-ring (bicyclic) bond motifs is 1. The molecule has 0 unspecified atom stereocenters. The van der Waals surface area contributed by atoms with Gasteiger partial charge in [0.2, 0.25) is 0 Å². The Balaban J connectivity index is 1.60. The highest BCUT2D eigenvalue weighted by Crippen LogP contribution is 2.34. The fourth-order valence-electron chi connectivity index (χ4n) is 2.78. The Labute approximate surface area is 155 Å². The average Bonchev–Trinajstić information content (AvgIpc) is 3.44. The van der Waals surface area contributed by atoms with E-state index in [4.69, 9.17) is 22.1 Å². The van der Waals surface area contributed by atoms with Gasteiger partial charge in [-0.25, -0.2) is 14.4 Å². The quantitative estimate of drug-likeness (QED) is 0.600. The third-order valence-electron chi connectivity index (χ3n) is 4.43. The summed E-state index contributed by atoms with van der Waals surface area (Å²) in [7, 11) is 0. The van der Waals surface area contributed by atoms with Crippen molar-refractivity contribution in [3.8, 4) is 5.75 Å². The third kappa shape index (κ3) is 3.65. The summed E-state index contributed by atoms with van der Waals surface area (Å²) in [5.74, 6) is 1.53. The lowest BCUT2D eigenvalue weighted by molar-refractivity contribution is 0.304. The van der Waals surface area contributed by atoms with E-state index in [2.05, 4.69) is 15.3 Å². The van der Waals surface area contributed by atoms with Crippen LogP contribution in [0.3, 0.4) is 0 Å². The average molecular weight is 373 g/mol. The fourth-order valence-corrected chi connectivity index (χ4v) is 2.96. The number of anilines is 3. The van der Waals surface area contributed by atoms with Gasteiger partial charge in [0.15, 0.2) is 0 Å². The maximum Gasteiger partial charge on any atom is 0.144 e. The molecule has 1 saturated carbocycles. The number of nitrogens with two attached hydrogens (primary N) is 1. The SMILES string of the molecule is Nc1cc2c(Nc3ccc(F)c(Cl)c3)ncnc2cc1OCCC1CC1. The first-order valence-corrected chi connectivity index (χ1v) is 8.87. The van der Waals surface area contributed by atoms with Crippen LogP contribution in [-0.4, -0.2) is 16.6 Å². The number of nitrogens with one attached hydrogen (secondary N) is 1. The smallest absolute Gasteiger partial charge is 0.144 e. The Morgan fingerprint density at radius 3 is 2.85 bits per heavy atom. The molecule has 3 aromatic rings. The molecule has 0 spiro atoms. The Bertz CT molecular complexity index is 962. The summed E-state index contributed by atoms with van der Waals surface area (Å²) in [6.45, 7) is 0.657. The molecule has 1 aromatic heterocycles. The van der Waals surface area contributed by atoms with Gasteiger partial charge < -0.3 is 15.8 Å². The largest absolute Gasteiger partial charge is 0.491 e. The summed E-state index contributed by atoms with van der Waals surface area (Å²) in [6.07, 6.45) is 5.11. The number of nitrogen functional groups attached to an aromatic ring is 1. The van der Waals surface area contributed by atoms with Gasteiger partial charge in [0, 0.05) is 17.1 Å². The number of ether oxygens (including phenoxy) is 1. The minimum absolute atomic E-state index is 0.0409. The standard InChI is InChI=1S/C19H18ClFN4O/c20-14-7-12(3-4-15(14)21)25-19-13-8-16(22)18(9-17(13)23-10-24-19)26-6-5-11-1-2-11/h3-4,7-11H,1-2,5-6,22H2,(H,23,24,25). The Kier molecular flexibility index (Phi) is 4.51. The first-order valence-electron chi connectivity index (χ1n) is 8.49. The van der Waals surface area contributed by atoms with Gasteiger partial charge in [0.25, 0.3) is 0 Å². The number of halogens is 2. The third-order valence-corrected chi connectivity index (χ3v) is 4.72. The summed E-state index contributed by atoms with van der Waals surface area (Å²) in [5.41, 5.74) is 8.02. The van der Waals surface area contributed by atoms with E-state index in [-0.39, 0.29) is 5.02 Å². The second kappa shape index (κ2) is 6.96. The molecule has 5 nitrogen and oxygen atoms in total. The van der Waals surface area contributed by atoms with E-state index < -0.39 is 5.82 Å². The molecule has 134 valence electrons. The molecule has 0 amide bonds. The summed E-state index contributed by atoms with van der Waals surface area (Å²) >= 11 is 5.84. The van der Waals surface area contributed by atoms with Crippen LogP contribution in [0.2, 0.25) is 5.02 Å². The van der Waals surface area contributed by atoms with Crippen LogP contribution in [0.5, 0.6) is 5.75 Å². The highest BCUT2D eigenvalue weighted by atomic mass is 35.5. The lowest BCUT2D eigenvalue weighted by atomic mass is 10.2. The van der Waals surface area contributed by atoms with Crippen LogP contribution in [0.4, 0.5) is 21.6 Å². The molecule has 0 saturated heterocycles. The predicted molar refractivity (Wildman–Crippen MR) is 101 cm³/mol. The molecular formula is C19H18ClFN4O. The molecule has 1 aliphatic carbocycles. The summed E-state index contributed by atoms with van der Waals surface area (Å²) in [6, 6.07) is 8.00. The fraction of sp³-hybridized carbons (Fsp3) is 0.263. The highest BCUT2D eigenvalue weighted by Gasteiger charge is 2.21. The number of hydrogen-bond acceptors (Lipinski definition) is 5. The Morgan fingerprint density at radius 1 is 1.23 bits per heavy atom. The van der Waals surface area contributed by atoms with Crippen molar-refractivity contribution in [2.24, 2.45) is 5.92 Å². The molecule has 0 aliphatic heterocycles. The first kappa shape index (κ1) is 16.8. The van der Waals surface area contributed by atoms with Crippen molar-refractivity contribution in [1.29, 1.82) is 0 Å². The molecule has 0 bridgehead atoms. The topological polar surface area (TPSA) is 73.1 Å². The number of aromatic nitrogens is 2. The van der Waals surface area contributed by atoms with Gasteiger partial charge >= 0.3 is 0 Å². The summed E-state index contributed by atoms with van der Waals surface area (Å²) in [5, 5.41) is 3.92. The Morgan fingerprint density at radius 2 is 2.08 bits per heavy atom. The van der Waals surface area contributed by atoms with Crippen molar-refractivity contribution in [3.63, 3.8) is 0 Å². The second-order valence-corrected chi connectivity index (χ2v) is 6.87. The molecule has 0 radical (unpaired) electrons. The van der Waals surface area contributed by atoms with Crippen LogP contribution >= 0.6 is 11.6 Å². The zero-order valence-electron chi connectivity index (χ0n) is 14.0. The van der Waals surface area contributed by atoms with E-state index in [9.17, 15) is 4.39 Å². The molecule has 1 heterocycles. The van der Waals surface area contributed by atoms with Crippen LogP contribution in [0.15, 0.2) is 36.7 Å². The first-order chi connectivity index (χ1) is 12.6. The van der Waals surface area contributed by atoms with Crippen LogP contribution < -0.4 is 15.8 Å². The number of benzene rings is 2. The molecule has 3 N–H and O–H groups in total. The van der Waals surface area contributed by atoms with Crippen molar-refractivity contribution in [2.75, 3.05) is 17.7 Å². The monoisotopic (exact) mass is 372 g/mol. The van der Waals surface area contributed by atoms with Gasteiger partial charge in [-0.3, -0.25) is 0 Å². The minimum atomic E-state index is -0.470. The molecule has 7 heteroatoms. The van der Waals surface area contributed by atoms with Gasteiger partial charge in [-0.15, -0.1) is 0 Å². The van der Waals surface area contributed by atoms with E-state index >= 15 is 0 Å². The number of rotatable bonds is 6. The van der Waals surface area contributed by atoms with E-state index in [1.54, 1.807) is 12.1 Å². The molecule has 2 aromatic carbocycles. The van der Waals surface area contributed by atoms with E-state index in [1.807, 2.05) is 6.07 Å². The molecule has 1 aliphatic rings. The van der Waals surface area contributed by atoms with Gasteiger partial charge in [0.05, 0.1) is 22.8 Å². The van der Waals surface area contributed by atoms with Crippen LogP contribution in [0.1, 0.15) is 19.3 Å². The second-order valence-electron chi connectivity index (χ2n) is 6.46. The zero-order chi connectivity index (χ0) is 18.1. The van der Waals surface area contributed by atoms with Crippen molar-refractivity contribution in [2.45, 2.75) is 19.3 Å². The normalized spacial score (nSPS) is 13.8. The summed E-state index contributed by atoms with van der Waals surface area (Å²) in [4.78, 5) is 8.56. The zero-order valence-corrected chi connectivity index (χ0v) is 14.8. The van der Waals surface area contributed by atoms with Crippen LogP contribution in [0.25, 0.3) is 10.9 Å². The Hall–Kier alpha value is -2.60. The minimum Gasteiger partial charge on any atom is -0.491 e. The molecule has 26 heavy (non-hydrogen) atoms. The predicted octanol–water partition coefficient (Wildman–Crippen LogP) is 4.93. The van der Waals surface area contributed by atoms with Gasteiger partial charge in [-0.1, -0.05) is 24.4 Å². The molecular weight excluding hydrogens is 355 g/mol. The van der Waals surface area contributed by atoms with Crippen LogP contribution in [-0.2, 0) is 0 Å². The number of hydrogen-bond donors (Lipinski definition) is 2. The van der Waals surface area contributed by atoms with Crippen LogP contribution in [0, 0.1) is 11.7 Å². The van der Waals surface area contributed by atoms with E-state index in [0.29, 0.717) is 35.1 Å². The van der Waals surface area contributed by atoms with Gasteiger partial charge in [0.1, 0.15) is 23.7 Å². The van der Waals surface area contributed by atoms with Gasteiger partial charge in [-0.2, -0.15) is 0 Å². The van der Waals surface area contributed by atoms with Crippen molar-refractivity contribution < 1.29 is 9.13 Å². The maximum absolute atomic E-state index is 13.3. The molecule has 4 rings (SSSR count). The van der Waals surface area contributed by atoms with Crippen molar-refractivity contribution in [3.05, 3.63) is 47.5 Å². The van der Waals surface area contributed by atoms with Crippen molar-refractivity contribution in [1.82, 2.24) is 9.97 Å². The molecule has 1 fully saturated rings. The van der Waals surface area contributed by atoms with E-state index in [0.717, 1.165) is 17.7 Å². The lowest BCUT2D eigenvalue weighted by Gasteiger charge is -2.12. The van der Waals surface area contributed by atoms with E-state index in [1.165, 1.54) is 31.3 Å².